The Morgan fingerprint density at radius 3 is 2.62 bits per heavy atom. The first-order chi connectivity index (χ1) is 10.0. The lowest BCUT2D eigenvalue weighted by molar-refractivity contribution is 0.463. The Labute approximate surface area is 151 Å². The van der Waals surface area contributed by atoms with Gasteiger partial charge in [-0.2, -0.15) is 0 Å². The number of aromatic hydroxyl groups is 1. The molecule has 110 valence electrons. The molecule has 0 aromatic heterocycles. The Bertz CT molecular complexity index is 665. The Kier molecular flexibility index (Phi) is 4.60. The molecular formula is C16H16I2N2O. The van der Waals surface area contributed by atoms with Gasteiger partial charge in [0.25, 0.3) is 0 Å². The largest absolute Gasteiger partial charge is 0.508 e. The molecule has 3 nitrogen and oxygen atoms in total. The molecular weight excluding hydrogens is 490 g/mol. The number of fused-ring (bicyclic) bond motifs is 1. The third-order valence-corrected chi connectivity index (χ3v) is 5.65. The second kappa shape index (κ2) is 6.29. The van der Waals surface area contributed by atoms with E-state index in [-0.39, 0.29) is 6.04 Å². The lowest BCUT2D eigenvalue weighted by Gasteiger charge is -2.27. The van der Waals surface area contributed by atoms with Gasteiger partial charge in [-0.1, -0.05) is 6.07 Å². The average Bonchev–Trinajstić information content (AvgIpc) is 2.45. The molecule has 0 saturated heterocycles. The number of halogens is 2. The topological polar surface area (TPSA) is 58.3 Å². The third-order valence-electron chi connectivity index (χ3n) is 3.87. The molecule has 0 spiro atoms. The van der Waals surface area contributed by atoms with E-state index >= 15 is 0 Å². The van der Waals surface area contributed by atoms with Crippen LogP contribution in [0, 0.1) is 7.14 Å². The van der Waals surface area contributed by atoms with Crippen LogP contribution < -0.4 is 11.1 Å². The van der Waals surface area contributed by atoms with E-state index < -0.39 is 0 Å². The number of phenols is 1. The van der Waals surface area contributed by atoms with Crippen molar-refractivity contribution in [3.05, 3.63) is 54.2 Å². The predicted molar refractivity (Wildman–Crippen MR) is 103 cm³/mol. The van der Waals surface area contributed by atoms with Gasteiger partial charge < -0.3 is 16.2 Å². The van der Waals surface area contributed by atoms with E-state index in [0.29, 0.717) is 5.75 Å². The quantitative estimate of drug-likeness (QED) is 0.431. The molecule has 0 amide bonds. The first-order valence-electron chi connectivity index (χ1n) is 6.83. The lowest BCUT2D eigenvalue weighted by Crippen LogP contribution is -2.31. The number of benzene rings is 2. The molecule has 3 rings (SSSR count). The summed E-state index contributed by atoms with van der Waals surface area (Å²) in [6.07, 6.45) is 1.92. The maximum absolute atomic E-state index is 9.75. The molecule has 1 unspecified atom stereocenters. The highest BCUT2D eigenvalue weighted by molar-refractivity contribution is 14.1. The van der Waals surface area contributed by atoms with Crippen LogP contribution in [0.5, 0.6) is 5.75 Å². The predicted octanol–water partition coefficient (Wildman–Crippen LogP) is 3.61. The fourth-order valence-electron chi connectivity index (χ4n) is 2.80. The second-order valence-electron chi connectivity index (χ2n) is 5.32. The summed E-state index contributed by atoms with van der Waals surface area (Å²) in [6.45, 7) is 0.978. The summed E-state index contributed by atoms with van der Waals surface area (Å²) in [5, 5.41) is 13.3. The Balaban J connectivity index is 1.92. The zero-order valence-corrected chi connectivity index (χ0v) is 15.7. The van der Waals surface area contributed by atoms with Gasteiger partial charge in [0, 0.05) is 13.2 Å². The van der Waals surface area contributed by atoms with Crippen molar-refractivity contribution >= 4 is 50.9 Å². The molecule has 2 aromatic rings. The van der Waals surface area contributed by atoms with Crippen molar-refractivity contribution in [2.24, 2.45) is 0 Å². The number of hydrogen-bond donors (Lipinski definition) is 3. The molecule has 1 aliphatic rings. The van der Waals surface area contributed by atoms with Crippen LogP contribution in [0.3, 0.4) is 0 Å². The van der Waals surface area contributed by atoms with Crippen molar-refractivity contribution in [1.82, 2.24) is 5.32 Å². The van der Waals surface area contributed by atoms with E-state index in [1.54, 1.807) is 6.07 Å². The van der Waals surface area contributed by atoms with E-state index in [9.17, 15) is 5.11 Å². The Morgan fingerprint density at radius 2 is 1.90 bits per heavy atom. The lowest BCUT2D eigenvalue weighted by atomic mass is 9.90. The standard InChI is InChI=1S/C16H16I2N2O/c17-13-5-9(6-14(18)16(13)19)7-15-12-8-11(21)2-1-10(12)3-4-20-15/h1-2,5-6,8,15,20-21H,3-4,7,19H2. The first-order valence-corrected chi connectivity index (χ1v) is 8.99. The van der Waals surface area contributed by atoms with Gasteiger partial charge in [-0.05, 0) is 106 Å². The van der Waals surface area contributed by atoms with Crippen LogP contribution >= 0.6 is 45.2 Å². The normalized spacial score (nSPS) is 17.5. The van der Waals surface area contributed by atoms with Gasteiger partial charge in [-0.3, -0.25) is 0 Å². The summed E-state index contributed by atoms with van der Waals surface area (Å²) in [6, 6.07) is 10.2. The van der Waals surface area contributed by atoms with Crippen molar-refractivity contribution < 1.29 is 5.11 Å². The fourth-order valence-corrected chi connectivity index (χ4v) is 4.69. The number of rotatable bonds is 2. The van der Waals surface area contributed by atoms with Crippen molar-refractivity contribution in [2.75, 3.05) is 12.3 Å². The van der Waals surface area contributed by atoms with Crippen LogP contribution in [0.2, 0.25) is 0 Å². The summed E-state index contributed by atoms with van der Waals surface area (Å²) in [4.78, 5) is 0. The third kappa shape index (κ3) is 3.29. The minimum absolute atomic E-state index is 0.246. The van der Waals surface area contributed by atoms with Crippen LogP contribution in [-0.2, 0) is 12.8 Å². The molecule has 1 heterocycles. The van der Waals surface area contributed by atoms with Crippen molar-refractivity contribution in [1.29, 1.82) is 0 Å². The minimum Gasteiger partial charge on any atom is -0.508 e. The Hall–Kier alpha value is -0.540. The number of hydrogen-bond acceptors (Lipinski definition) is 3. The maximum Gasteiger partial charge on any atom is 0.115 e. The summed E-state index contributed by atoms with van der Waals surface area (Å²) >= 11 is 4.57. The average molecular weight is 506 g/mol. The molecule has 5 heteroatoms. The first kappa shape index (κ1) is 15.4. The van der Waals surface area contributed by atoms with Gasteiger partial charge in [0.1, 0.15) is 5.75 Å². The molecule has 4 N–H and O–H groups in total. The van der Waals surface area contributed by atoms with Crippen LogP contribution in [0.1, 0.15) is 22.7 Å². The molecule has 0 radical (unpaired) electrons. The van der Waals surface area contributed by atoms with Gasteiger partial charge >= 0.3 is 0 Å². The highest BCUT2D eigenvalue weighted by Crippen LogP contribution is 2.31. The minimum atomic E-state index is 0.246. The molecule has 1 aliphatic heterocycles. The molecule has 2 aromatic carbocycles. The molecule has 0 saturated carbocycles. The van der Waals surface area contributed by atoms with Gasteiger partial charge in [0.15, 0.2) is 0 Å². The molecule has 0 bridgehead atoms. The van der Waals surface area contributed by atoms with Gasteiger partial charge in [-0.15, -0.1) is 0 Å². The number of anilines is 1. The van der Waals surface area contributed by atoms with Crippen LogP contribution in [0.4, 0.5) is 5.69 Å². The number of nitrogens with one attached hydrogen (secondary N) is 1. The molecule has 21 heavy (non-hydrogen) atoms. The summed E-state index contributed by atoms with van der Waals surface area (Å²) in [5.74, 6) is 0.337. The van der Waals surface area contributed by atoms with Crippen LogP contribution in [0.15, 0.2) is 30.3 Å². The van der Waals surface area contributed by atoms with Crippen LogP contribution in [-0.4, -0.2) is 11.7 Å². The second-order valence-corrected chi connectivity index (χ2v) is 7.64. The number of nitrogen functional groups attached to an aromatic ring is 1. The molecule has 0 aliphatic carbocycles. The maximum atomic E-state index is 9.75. The molecule has 1 atom stereocenters. The monoisotopic (exact) mass is 506 g/mol. The highest BCUT2D eigenvalue weighted by atomic mass is 127. The van der Waals surface area contributed by atoms with E-state index in [2.05, 4.69) is 62.6 Å². The van der Waals surface area contributed by atoms with Crippen molar-refractivity contribution in [3.8, 4) is 5.75 Å². The SMILES string of the molecule is Nc1c(I)cc(CC2NCCc3ccc(O)cc32)cc1I. The van der Waals surface area contributed by atoms with Crippen LogP contribution in [0.25, 0.3) is 0 Å². The van der Waals surface area contributed by atoms with Gasteiger partial charge in [0.2, 0.25) is 0 Å². The Morgan fingerprint density at radius 1 is 1.19 bits per heavy atom. The highest BCUT2D eigenvalue weighted by Gasteiger charge is 2.21. The zero-order chi connectivity index (χ0) is 15.0. The van der Waals surface area contributed by atoms with E-state index in [1.807, 2.05) is 12.1 Å². The van der Waals surface area contributed by atoms with E-state index in [4.69, 9.17) is 5.73 Å². The molecule has 0 fully saturated rings. The zero-order valence-electron chi connectivity index (χ0n) is 11.4. The van der Waals surface area contributed by atoms with Gasteiger partial charge in [-0.25, -0.2) is 0 Å². The number of phenolic OH excluding ortho intramolecular Hbond substituents is 1. The summed E-state index contributed by atoms with van der Waals surface area (Å²) < 4.78 is 2.20. The van der Waals surface area contributed by atoms with Crippen molar-refractivity contribution in [3.63, 3.8) is 0 Å². The number of nitrogens with two attached hydrogens (primary N) is 1. The smallest absolute Gasteiger partial charge is 0.115 e. The van der Waals surface area contributed by atoms with Gasteiger partial charge in [0.05, 0.1) is 5.69 Å². The van der Waals surface area contributed by atoms with E-state index in [1.165, 1.54) is 16.7 Å². The van der Waals surface area contributed by atoms with E-state index in [0.717, 1.165) is 32.2 Å². The fraction of sp³-hybridized carbons (Fsp3) is 0.250. The summed E-state index contributed by atoms with van der Waals surface area (Å²) in [5.41, 5.74) is 10.7. The summed E-state index contributed by atoms with van der Waals surface area (Å²) in [7, 11) is 0. The van der Waals surface area contributed by atoms with Crippen molar-refractivity contribution in [2.45, 2.75) is 18.9 Å².